The van der Waals surface area contributed by atoms with E-state index in [1.54, 1.807) is 13.8 Å². The summed E-state index contributed by atoms with van der Waals surface area (Å²) in [5.41, 5.74) is -0.944. The first-order chi connectivity index (χ1) is 6.49. The molecular weight excluding hydrogens is 184 g/mol. The minimum Gasteiger partial charge on any atom is -0.462 e. The number of hydrogen-bond acceptors (Lipinski definition) is 4. The predicted octanol–water partition coefficient (Wildman–Crippen LogP) is 0.727. The van der Waals surface area contributed by atoms with Crippen molar-refractivity contribution < 1.29 is 19.4 Å². The molecule has 4 heteroatoms. The predicted molar refractivity (Wildman–Crippen MR) is 50.8 cm³/mol. The molecule has 1 aliphatic heterocycles. The van der Waals surface area contributed by atoms with E-state index in [0.29, 0.717) is 13.2 Å². The van der Waals surface area contributed by atoms with Crippen molar-refractivity contribution in [1.82, 2.24) is 0 Å². The minimum absolute atomic E-state index is 0.0499. The second-order valence-corrected chi connectivity index (χ2v) is 4.31. The molecule has 4 nitrogen and oxygen atoms in total. The summed E-state index contributed by atoms with van der Waals surface area (Å²) >= 11 is 0. The molecule has 0 unspecified atom stereocenters. The lowest BCUT2D eigenvalue weighted by atomic mass is 10.0. The van der Waals surface area contributed by atoms with E-state index in [4.69, 9.17) is 9.47 Å². The van der Waals surface area contributed by atoms with Gasteiger partial charge in [-0.3, -0.25) is 4.79 Å². The summed E-state index contributed by atoms with van der Waals surface area (Å²) in [6.07, 6.45) is 1.45. The molecule has 1 saturated heterocycles. The van der Waals surface area contributed by atoms with Crippen molar-refractivity contribution >= 4 is 5.97 Å². The summed E-state index contributed by atoms with van der Waals surface area (Å²) in [5, 5.41) is 9.36. The fourth-order valence-electron chi connectivity index (χ4n) is 1.30. The Labute approximate surface area is 84.2 Å². The highest BCUT2D eigenvalue weighted by Crippen LogP contribution is 2.16. The van der Waals surface area contributed by atoms with Crippen LogP contribution in [0.2, 0.25) is 0 Å². The van der Waals surface area contributed by atoms with Crippen LogP contribution in [0.25, 0.3) is 0 Å². The average Bonchev–Trinajstić information content (AvgIpc) is 2.14. The normalized spacial score (nSPS) is 19.4. The van der Waals surface area contributed by atoms with Gasteiger partial charge in [0.1, 0.15) is 6.61 Å². The molecular formula is C10H18O4. The van der Waals surface area contributed by atoms with Crippen molar-refractivity contribution in [2.75, 3.05) is 19.8 Å². The number of carbonyl (C=O) groups is 1. The maximum absolute atomic E-state index is 11.5. The molecule has 0 atom stereocenters. The Hall–Kier alpha value is -0.610. The summed E-state index contributed by atoms with van der Waals surface area (Å²) in [6.45, 7) is 4.54. The van der Waals surface area contributed by atoms with Gasteiger partial charge in [-0.25, -0.2) is 0 Å². The van der Waals surface area contributed by atoms with Crippen LogP contribution in [-0.4, -0.2) is 36.5 Å². The van der Waals surface area contributed by atoms with Crippen molar-refractivity contribution in [3.8, 4) is 0 Å². The lowest BCUT2D eigenvalue weighted by Crippen LogP contribution is -2.32. The highest BCUT2D eigenvalue weighted by Gasteiger charge is 2.24. The maximum Gasteiger partial charge on any atom is 0.309 e. The molecule has 0 spiro atoms. The Morgan fingerprint density at radius 3 is 2.57 bits per heavy atom. The van der Waals surface area contributed by atoms with Crippen LogP contribution in [0.15, 0.2) is 0 Å². The van der Waals surface area contributed by atoms with Crippen LogP contribution < -0.4 is 0 Å². The van der Waals surface area contributed by atoms with Gasteiger partial charge in [0.15, 0.2) is 0 Å². The Balaban J connectivity index is 2.27. The Bertz CT molecular complexity index is 189. The number of aliphatic hydroxyl groups is 1. The van der Waals surface area contributed by atoms with Gasteiger partial charge in [-0.2, -0.15) is 0 Å². The zero-order chi connectivity index (χ0) is 10.6. The van der Waals surface area contributed by atoms with Crippen LogP contribution in [0.4, 0.5) is 0 Å². The van der Waals surface area contributed by atoms with Gasteiger partial charge >= 0.3 is 5.97 Å². The SMILES string of the molecule is CC(C)(O)COC(=O)C1CCOCC1. The molecule has 14 heavy (non-hydrogen) atoms. The van der Waals surface area contributed by atoms with E-state index in [1.165, 1.54) is 0 Å². The third-order valence-corrected chi connectivity index (χ3v) is 2.12. The number of rotatable bonds is 3. The summed E-state index contributed by atoms with van der Waals surface area (Å²) in [4.78, 5) is 11.5. The van der Waals surface area contributed by atoms with Gasteiger partial charge < -0.3 is 14.6 Å². The van der Waals surface area contributed by atoms with Crippen LogP contribution in [0.3, 0.4) is 0 Å². The third-order valence-electron chi connectivity index (χ3n) is 2.12. The van der Waals surface area contributed by atoms with E-state index in [-0.39, 0.29) is 18.5 Å². The first-order valence-electron chi connectivity index (χ1n) is 4.96. The van der Waals surface area contributed by atoms with Gasteiger partial charge in [0, 0.05) is 13.2 Å². The Morgan fingerprint density at radius 1 is 1.50 bits per heavy atom. The lowest BCUT2D eigenvalue weighted by Gasteiger charge is -2.23. The third kappa shape index (κ3) is 4.07. The van der Waals surface area contributed by atoms with E-state index in [1.807, 2.05) is 0 Å². The monoisotopic (exact) mass is 202 g/mol. The van der Waals surface area contributed by atoms with Gasteiger partial charge in [-0.15, -0.1) is 0 Å². The largest absolute Gasteiger partial charge is 0.462 e. The average molecular weight is 202 g/mol. The Morgan fingerprint density at radius 2 is 2.07 bits per heavy atom. The second kappa shape index (κ2) is 4.75. The van der Waals surface area contributed by atoms with Crippen LogP contribution in [-0.2, 0) is 14.3 Å². The smallest absolute Gasteiger partial charge is 0.309 e. The van der Waals surface area contributed by atoms with Crippen molar-refractivity contribution in [1.29, 1.82) is 0 Å². The number of hydrogen-bond donors (Lipinski definition) is 1. The zero-order valence-electron chi connectivity index (χ0n) is 8.78. The van der Waals surface area contributed by atoms with E-state index >= 15 is 0 Å². The van der Waals surface area contributed by atoms with E-state index in [0.717, 1.165) is 12.8 Å². The summed E-state index contributed by atoms with van der Waals surface area (Å²) < 4.78 is 10.1. The fraction of sp³-hybridized carbons (Fsp3) is 0.900. The van der Waals surface area contributed by atoms with Crippen molar-refractivity contribution in [2.45, 2.75) is 32.3 Å². The molecule has 0 amide bonds. The fourth-order valence-corrected chi connectivity index (χ4v) is 1.30. The van der Waals surface area contributed by atoms with Crippen molar-refractivity contribution in [2.24, 2.45) is 5.92 Å². The van der Waals surface area contributed by atoms with E-state index in [2.05, 4.69) is 0 Å². The van der Waals surface area contributed by atoms with Gasteiger partial charge in [-0.05, 0) is 26.7 Å². The molecule has 0 aromatic heterocycles. The van der Waals surface area contributed by atoms with Gasteiger partial charge in [0.25, 0.3) is 0 Å². The topological polar surface area (TPSA) is 55.8 Å². The van der Waals surface area contributed by atoms with E-state index in [9.17, 15) is 9.90 Å². The Kier molecular flexibility index (Phi) is 3.89. The summed E-state index contributed by atoms with van der Waals surface area (Å²) in [7, 11) is 0. The molecule has 1 rings (SSSR count). The zero-order valence-corrected chi connectivity index (χ0v) is 8.78. The van der Waals surface area contributed by atoms with Crippen LogP contribution in [0.1, 0.15) is 26.7 Å². The quantitative estimate of drug-likeness (QED) is 0.685. The second-order valence-electron chi connectivity index (χ2n) is 4.31. The first-order valence-corrected chi connectivity index (χ1v) is 4.96. The van der Waals surface area contributed by atoms with E-state index < -0.39 is 5.60 Å². The highest BCUT2D eigenvalue weighted by molar-refractivity contribution is 5.72. The highest BCUT2D eigenvalue weighted by atomic mass is 16.5. The van der Waals surface area contributed by atoms with Gasteiger partial charge in [0.05, 0.1) is 11.5 Å². The van der Waals surface area contributed by atoms with Crippen LogP contribution in [0.5, 0.6) is 0 Å². The standard InChI is InChI=1S/C10H18O4/c1-10(2,12)7-14-9(11)8-3-5-13-6-4-8/h8,12H,3-7H2,1-2H3. The summed E-state index contributed by atoms with van der Waals surface area (Å²) in [5.74, 6) is -0.262. The first kappa shape index (κ1) is 11.5. The van der Waals surface area contributed by atoms with Gasteiger partial charge in [0.2, 0.25) is 0 Å². The minimum atomic E-state index is -0.944. The molecule has 82 valence electrons. The molecule has 1 fully saturated rings. The van der Waals surface area contributed by atoms with Crippen LogP contribution in [0, 0.1) is 5.92 Å². The maximum atomic E-state index is 11.5. The molecule has 1 aliphatic rings. The molecule has 0 aromatic rings. The molecule has 0 radical (unpaired) electrons. The molecule has 1 heterocycles. The molecule has 0 saturated carbocycles. The number of ether oxygens (including phenoxy) is 2. The number of carbonyl (C=O) groups excluding carboxylic acids is 1. The molecule has 0 bridgehead atoms. The molecule has 0 aliphatic carbocycles. The van der Waals surface area contributed by atoms with Gasteiger partial charge in [-0.1, -0.05) is 0 Å². The summed E-state index contributed by atoms with van der Waals surface area (Å²) in [6, 6.07) is 0. The lowest BCUT2D eigenvalue weighted by molar-refractivity contribution is -0.157. The van der Waals surface area contributed by atoms with Crippen LogP contribution >= 0.6 is 0 Å². The molecule has 1 N–H and O–H groups in total. The number of esters is 1. The van der Waals surface area contributed by atoms with Crippen molar-refractivity contribution in [3.63, 3.8) is 0 Å². The van der Waals surface area contributed by atoms with Crippen molar-refractivity contribution in [3.05, 3.63) is 0 Å². The molecule has 0 aromatic carbocycles.